The summed E-state index contributed by atoms with van der Waals surface area (Å²) in [5, 5.41) is 5.41. The molecule has 7 atom stereocenters. The molecule has 1 aliphatic rings. The quantitative estimate of drug-likeness (QED) is 0.197. The van der Waals surface area contributed by atoms with Gasteiger partial charge in [0.15, 0.2) is 12.2 Å². The van der Waals surface area contributed by atoms with Crippen molar-refractivity contribution in [2.24, 2.45) is 5.92 Å². The van der Waals surface area contributed by atoms with Gasteiger partial charge >= 0.3 is 30.0 Å². The molecule has 1 heterocycles. The van der Waals surface area contributed by atoms with Gasteiger partial charge in [-0.25, -0.2) is 4.79 Å². The molecule has 1 unspecified atom stereocenters. The summed E-state index contributed by atoms with van der Waals surface area (Å²) < 4.78 is 32.9. The Morgan fingerprint density at radius 2 is 1.42 bits per heavy atom. The molecule has 1 aliphatic heterocycles. The lowest BCUT2D eigenvalue weighted by Gasteiger charge is -2.45. The van der Waals surface area contributed by atoms with Gasteiger partial charge in [0, 0.05) is 40.7 Å². The molecule has 1 aromatic carbocycles. The summed E-state index contributed by atoms with van der Waals surface area (Å²) in [7, 11) is 0. The maximum Gasteiger partial charge on any atom is 0.408 e. The Balaban J connectivity index is 2.61. The summed E-state index contributed by atoms with van der Waals surface area (Å²) in [6.45, 7) is 14.3. The summed E-state index contributed by atoms with van der Waals surface area (Å²) in [5.74, 6) is -5.02. The molecule has 0 radical (unpaired) electrons. The molecule has 16 nitrogen and oxygen atoms in total. The normalized spacial score (nSPS) is 21.1. The molecular formula is C36H53N3O13. The minimum absolute atomic E-state index is 0.0822. The van der Waals surface area contributed by atoms with E-state index < -0.39 is 103 Å². The van der Waals surface area contributed by atoms with Crippen LogP contribution in [0.25, 0.3) is 0 Å². The van der Waals surface area contributed by atoms with Crippen molar-refractivity contribution >= 4 is 41.8 Å². The first kappa shape index (κ1) is 43.4. The van der Waals surface area contributed by atoms with Crippen LogP contribution in [-0.2, 0) is 63.6 Å². The molecule has 2 rings (SSSR count). The second-order valence-electron chi connectivity index (χ2n) is 13.7. The van der Waals surface area contributed by atoms with Gasteiger partial charge in [0.1, 0.15) is 36.4 Å². The van der Waals surface area contributed by atoms with Crippen molar-refractivity contribution in [3.05, 3.63) is 35.9 Å². The standard InChI is InChI=1S/C36H53N3O13/c1-11-17-39(33(45)26(18-25-15-13-12-14-16-25)37-35(46)52-36(8,9)10)29(20(2)3)32(44)38-28-31(49-23(6)42)30(48-22(5)41)27(19-47-21(4)40)51-34(28)50-24(7)43/h12-16,20,26-31,34H,11,17-19H2,1-10H3,(H,37,46)(H,38,44)/t26-,27+,28+,29?,30+,31+,34+/m0/s1. The van der Waals surface area contributed by atoms with Gasteiger partial charge in [0.2, 0.25) is 18.1 Å². The van der Waals surface area contributed by atoms with Crippen molar-refractivity contribution in [2.45, 2.75) is 130 Å². The third kappa shape index (κ3) is 13.8. The van der Waals surface area contributed by atoms with E-state index in [0.29, 0.717) is 6.42 Å². The molecule has 0 aliphatic carbocycles. The smallest absolute Gasteiger partial charge is 0.408 e. The van der Waals surface area contributed by atoms with Crippen LogP contribution in [0.3, 0.4) is 0 Å². The van der Waals surface area contributed by atoms with Crippen LogP contribution in [0.4, 0.5) is 4.79 Å². The van der Waals surface area contributed by atoms with Crippen LogP contribution in [0, 0.1) is 5.92 Å². The van der Waals surface area contributed by atoms with Gasteiger partial charge in [-0.3, -0.25) is 28.8 Å². The second kappa shape index (κ2) is 19.8. The molecule has 1 fully saturated rings. The van der Waals surface area contributed by atoms with E-state index in [1.165, 1.54) is 4.90 Å². The monoisotopic (exact) mass is 735 g/mol. The van der Waals surface area contributed by atoms with Crippen molar-refractivity contribution < 1.29 is 62.0 Å². The van der Waals surface area contributed by atoms with Crippen LogP contribution in [0.2, 0.25) is 0 Å². The Labute approximate surface area is 304 Å². The Bertz CT molecular complexity index is 1410. The summed E-state index contributed by atoms with van der Waals surface area (Å²) >= 11 is 0. The highest BCUT2D eigenvalue weighted by Gasteiger charge is 2.53. The maximum absolute atomic E-state index is 14.5. The zero-order valence-electron chi connectivity index (χ0n) is 31.6. The van der Waals surface area contributed by atoms with E-state index in [9.17, 15) is 33.6 Å². The number of carbonyl (C=O) groups excluding carboxylic acids is 7. The summed E-state index contributed by atoms with van der Waals surface area (Å²) in [4.78, 5) is 91.7. The number of benzene rings is 1. The van der Waals surface area contributed by atoms with Crippen LogP contribution < -0.4 is 10.6 Å². The average Bonchev–Trinajstić information content (AvgIpc) is 3.00. The van der Waals surface area contributed by atoms with Crippen molar-refractivity contribution in [1.82, 2.24) is 15.5 Å². The van der Waals surface area contributed by atoms with Crippen LogP contribution in [0.5, 0.6) is 0 Å². The highest BCUT2D eigenvalue weighted by Crippen LogP contribution is 2.29. The molecule has 3 amide bonds. The number of hydrogen-bond acceptors (Lipinski definition) is 13. The maximum atomic E-state index is 14.5. The number of alkyl carbamates (subject to hydrolysis) is 1. The van der Waals surface area contributed by atoms with Crippen molar-refractivity contribution in [3.63, 3.8) is 0 Å². The molecule has 0 bridgehead atoms. The van der Waals surface area contributed by atoms with Crippen LogP contribution in [-0.4, -0.2) is 108 Å². The fourth-order valence-electron chi connectivity index (χ4n) is 5.70. The van der Waals surface area contributed by atoms with Gasteiger partial charge in [0.25, 0.3) is 0 Å². The van der Waals surface area contributed by atoms with E-state index in [1.54, 1.807) is 58.9 Å². The average molecular weight is 736 g/mol. The van der Waals surface area contributed by atoms with Gasteiger partial charge in [-0.2, -0.15) is 0 Å². The molecule has 290 valence electrons. The summed E-state index contributed by atoms with van der Waals surface area (Å²) in [6, 6.07) is 5.20. The van der Waals surface area contributed by atoms with E-state index in [-0.39, 0.29) is 13.0 Å². The molecule has 1 saturated heterocycles. The van der Waals surface area contributed by atoms with Crippen molar-refractivity contribution in [3.8, 4) is 0 Å². The Morgan fingerprint density at radius 1 is 0.846 bits per heavy atom. The van der Waals surface area contributed by atoms with Gasteiger partial charge < -0.3 is 44.0 Å². The summed E-state index contributed by atoms with van der Waals surface area (Å²) in [6.07, 6.45) is -6.16. The number of ether oxygens (including phenoxy) is 6. The second-order valence-corrected chi connectivity index (χ2v) is 13.7. The fourth-order valence-corrected chi connectivity index (χ4v) is 5.70. The van der Waals surface area contributed by atoms with Crippen LogP contribution in [0.1, 0.15) is 81.2 Å². The first-order valence-electron chi connectivity index (χ1n) is 17.2. The SMILES string of the molecule is CCCN(C(=O)[C@H](Cc1ccccc1)NC(=O)OC(C)(C)C)C(C(=O)N[C@H]1[C@H](OC(C)=O)O[C@H](COC(C)=O)[C@@H](OC(C)=O)[C@@H]1OC(C)=O)C(C)C. The first-order valence-corrected chi connectivity index (χ1v) is 17.2. The number of nitrogens with one attached hydrogen (secondary N) is 2. The predicted octanol–water partition coefficient (Wildman–Crippen LogP) is 2.58. The molecular weight excluding hydrogens is 682 g/mol. The van der Waals surface area contributed by atoms with Gasteiger partial charge in [-0.05, 0) is 38.7 Å². The number of nitrogens with zero attached hydrogens (tertiary/aromatic N) is 1. The van der Waals surface area contributed by atoms with Gasteiger partial charge in [-0.15, -0.1) is 0 Å². The Kier molecular flexibility index (Phi) is 16.5. The molecule has 52 heavy (non-hydrogen) atoms. The summed E-state index contributed by atoms with van der Waals surface area (Å²) in [5.41, 5.74) is -0.111. The predicted molar refractivity (Wildman–Crippen MR) is 184 cm³/mol. The molecule has 0 aromatic heterocycles. The van der Waals surface area contributed by atoms with E-state index in [2.05, 4.69) is 10.6 Å². The lowest BCUT2D eigenvalue weighted by Crippen LogP contribution is -2.69. The molecule has 1 aromatic rings. The minimum Gasteiger partial charge on any atom is -0.463 e. The zero-order valence-corrected chi connectivity index (χ0v) is 31.6. The number of amides is 3. The van der Waals surface area contributed by atoms with Crippen molar-refractivity contribution in [1.29, 1.82) is 0 Å². The highest BCUT2D eigenvalue weighted by molar-refractivity contribution is 5.92. The third-order valence-corrected chi connectivity index (χ3v) is 7.55. The van der Waals surface area contributed by atoms with E-state index in [1.807, 2.05) is 13.0 Å². The molecule has 0 spiro atoms. The number of hydrogen-bond donors (Lipinski definition) is 2. The number of carbonyl (C=O) groups is 7. The minimum atomic E-state index is -1.62. The van der Waals surface area contributed by atoms with E-state index >= 15 is 0 Å². The lowest BCUT2D eigenvalue weighted by molar-refractivity contribution is -0.271. The largest absolute Gasteiger partial charge is 0.463 e. The van der Waals surface area contributed by atoms with Gasteiger partial charge in [-0.1, -0.05) is 51.1 Å². The Morgan fingerprint density at radius 3 is 1.92 bits per heavy atom. The van der Waals surface area contributed by atoms with Crippen LogP contribution >= 0.6 is 0 Å². The Hall–Kier alpha value is -4.73. The highest BCUT2D eigenvalue weighted by atomic mass is 16.7. The fraction of sp³-hybridized carbons (Fsp3) is 0.639. The first-order chi connectivity index (χ1) is 24.2. The molecule has 0 saturated carbocycles. The molecule has 16 heteroatoms. The number of rotatable bonds is 15. The van der Waals surface area contributed by atoms with E-state index in [0.717, 1.165) is 33.3 Å². The van der Waals surface area contributed by atoms with E-state index in [4.69, 9.17) is 28.4 Å². The topological polar surface area (TPSA) is 202 Å². The van der Waals surface area contributed by atoms with Crippen molar-refractivity contribution in [2.75, 3.05) is 13.2 Å². The van der Waals surface area contributed by atoms with Crippen LogP contribution in [0.15, 0.2) is 30.3 Å². The zero-order chi connectivity index (χ0) is 39.3. The van der Waals surface area contributed by atoms with Gasteiger partial charge in [0.05, 0.1) is 0 Å². The lowest BCUT2D eigenvalue weighted by atomic mass is 9.94. The third-order valence-electron chi connectivity index (χ3n) is 7.55. The number of esters is 4. The molecule has 2 N–H and O–H groups in total.